The molecule has 3 rings (SSSR count). The van der Waals surface area contributed by atoms with E-state index >= 15 is 0 Å². The number of anilines is 1. The second-order valence-electron chi connectivity index (χ2n) is 5.28. The molecule has 0 saturated carbocycles. The SMILES string of the molecule is Cc1cc(NC(=O)CSc2cccc3ccccc23)ccc1Br. The number of rotatable bonds is 4. The van der Waals surface area contributed by atoms with Crippen LogP contribution in [0.3, 0.4) is 0 Å². The van der Waals surface area contributed by atoms with E-state index in [4.69, 9.17) is 0 Å². The fourth-order valence-corrected chi connectivity index (χ4v) is 3.51. The summed E-state index contributed by atoms with van der Waals surface area (Å²) in [5, 5.41) is 5.33. The predicted molar refractivity (Wildman–Crippen MR) is 102 cm³/mol. The number of nitrogens with one attached hydrogen (secondary N) is 1. The molecule has 1 N–H and O–H groups in total. The molecule has 0 unspecified atom stereocenters. The molecule has 3 aromatic carbocycles. The van der Waals surface area contributed by atoms with Crippen LogP contribution in [0.15, 0.2) is 70.0 Å². The number of benzene rings is 3. The Morgan fingerprint density at radius 1 is 1.09 bits per heavy atom. The zero-order valence-corrected chi connectivity index (χ0v) is 15.1. The Bertz CT molecular complexity index is 858. The van der Waals surface area contributed by atoms with Gasteiger partial charge in [0, 0.05) is 15.1 Å². The smallest absolute Gasteiger partial charge is 0.234 e. The molecule has 23 heavy (non-hydrogen) atoms. The third kappa shape index (κ3) is 3.95. The topological polar surface area (TPSA) is 29.1 Å². The Morgan fingerprint density at radius 3 is 2.70 bits per heavy atom. The molecule has 0 spiro atoms. The number of fused-ring (bicyclic) bond motifs is 1. The molecular weight excluding hydrogens is 370 g/mol. The van der Waals surface area contributed by atoms with E-state index in [2.05, 4.69) is 45.5 Å². The Morgan fingerprint density at radius 2 is 1.87 bits per heavy atom. The molecule has 4 heteroatoms. The fourth-order valence-electron chi connectivity index (χ4n) is 2.38. The van der Waals surface area contributed by atoms with Crippen molar-refractivity contribution in [2.24, 2.45) is 0 Å². The lowest BCUT2D eigenvalue weighted by atomic mass is 10.1. The van der Waals surface area contributed by atoms with Crippen molar-refractivity contribution < 1.29 is 4.79 Å². The minimum absolute atomic E-state index is 0.00431. The van der Waals surface area contributed by atoms with Crippen molar-refractivity contribution >= 4 is 50.1 Å². The van der Waals surface area contributed by atoms with E-state index < -0.39 is 0 Å². The molecule has 0 heterocycles. The van der Waals surface area contributed by atoms with Crippen LogP contribution in [0.1, 0.15) is 5.56 Å². The molecule has 0 atom stereocenters. The third-order valence-electron chi connectivity index (χ3n) is 3.55. The summed E-state index contributed by atoms with van der Waals surface area (Å²) in [7, 11) is 0. The van der Waals surface area contributed by atoms with E-state index in [9.17, 15) is 4.79 Å². The highest BCUT2D eigenvalue weighted by Crippen LogP contribution is 2.28. The molecule has 0 aliphatic heterocycles. The summed E-state index contributed by atoms with van der Waals surface area (Å²) in [4.78, 5) is 13.3. The second-order valence-corrected chi connectivity index (χ2v) is 7.15. The largest absolute Gasteiger partial charge is 0.325 e. The van der Waals surface area contributed by atoms with E-state index in [1.165, 1.54) is 10.8 Å². The van der Waals surface area contributed by atoms with Crippen molar-refractivity contribution in [3.8, 4) is 0 Å². The lowest BCUT2D eigenvalue weighted by molar-refractivity contribution is -0.113. The fraction of sp³-hybridized carbons (Fsp3) is 0.105. The molecule has 116 valence electrons. The van der Waals surface area contributed by atoms with Gasteiger partial charge in [-0.05, 0) is 47.5 Å². The van der Waals surface area contributed by atoms with E-state index in [0.29, 0.717) is 5.75 Å². The zero-order valence-electron chi connectivity index (χ0n) is 12.7. The van der Waals surface area contributed by atoms with E-state index in [0.717, 1.165) is 20.6 Å². The summed E-state index contributed by atoms with van der Waals surface area (Å²) in [6.45, 7) is 2.00. The van der Waals surface area contributed by atoms with Crippen LogP contribution in [0.2, 0.25) is 0 Å². The molecule has 1 amide bonds. The maximum atomic E-state index is 12.2. The van der Waals surface area contributed by atoms with Gasteiger partial charge in [0.2, 0.25) is 5.91 Å². The molecule has 0 saturated heterocycles. The molecule has 0 fully saturated rings. The van der Waals surface area contributed by atoms with Crippen molar-refractivity contribution in [3.63, 3.8) is 0 Å². The van der Waals surface area contributed by atoms with Gasteiger partial charge in [0.15, 0.2) is 0 Å². The number of halogens is 1. The van der Waals surface area contributed by atoms with Gasteiger partial charge in [-0.25, -0.2) is 0 Å². The van der Waals surface area contributed by atoms with Gasteiger partial charge in [0.05, 0.1) is 5.75 Å². The molecule has 3 aromatic rings. The first-order chi connectivity index (χ1) is 11.1. The summed E-state index contributed by atoms with van der Waals surface area (Å²) < 4.78 is 1.04. The zero-order chi connectivity index (χ0) is 16.2. The predicted octanol–water partition coefficient (Wildman–Crippen LogP) is 5.64. The van der Waals surface area contributed by atoms with Crippen LogP contribution in [0.25, 0.3) is 10.8 Å². The van der Waals surface area contributed by atoms with E-state index in [1.54, 1.807) is 11.8 Å². The van der Waals surface area contributed by atoms with Gasteiger partial charge >= 0.3 is 0 Å². The molecule has 2 nitrogen and oxygen atoms in total. The second kappa shape index (κ2) is 7.20. The average molecular weight is 386 g/mol. The van der Waals surface area contributed by atoms with Crippen molar-refractivity contribution in [3.05, 3.63) is 70.7 Å². The minimum Gasteiger partial charge on any atom is -0.325 e. The van der Waals surface area contributed by atoms with Crippen LogP contribution in [-0.2, 0) is 4.79 Å². The standard InChI is InChI=1S/C19H16BrNOS/c1-13-11-15(9-10-17(13)20)21-19(22)12-23-18-8-4-6-14-5-2-3-7-16(14)18/h2-11H,12H2,1H3,(H,21,22). The van der Waals surface area contributed by atoms with Gasteiger partial charge in [-0.3, -0.25) is 4.79 Å². The number of amides is 1. The van der Waals surface area contributed by atoms with Crippen LogP contribution < -0.4 is 5.32 Å². The van der Waals surface area contributed by atoms with Gasteiger partial charge in [-0.1, -0.05) is 52.3 Å². The highest BCUT2D eigenvalue weighted by atomic mass is 79.9. The quantitative estimate of drug-likeness (QED) is 0.588. The third-order valence-corrected chi connectivity index (χ3v) is 5.51. The number of hydrogen-bond acceptors (Lipinski definition) is 2. The maximum Gasteiger partial charge on any atom is 0.234 e. The Labute approximate surface area is 148 Å². The maximum absolute atomic E-state index is 12.2. The van der Waals surface area contributed by atoms with Crippen LogP contribution >= 0.6 is 27.7 Å². The average Bonchev–Trinajstić information content (AvgIpc) is 2.56. The number of carbonyl (C=O) groups is 1. The number of carbonyl (C=O) groups excluding carboxylic acids is 1. The van der Waals surface area contributed by atoms with Gasteiger partial charge in [-0.2, -0.15) is 0 Å². The molecule has 0 aliphatic carbocycles. The van der Waals surface area contributed by atoms with Crippen molar-refractivity contribution in [1.82, 2.24) is 0 Å². The monoisotopic (exact) mass is 385 g/mol. The summed E-state index contributed by atoms with van der Waals surface area (Å²) in [6, 6.07) is 20.2. The van der Waals surface area contributed by atoms with Crippen molar-refractivity contribution in [2.45, 2.75) is 11.8 Å². The minimum atomic E-state index is 0.00431. The van der Waals surface area contributed by atoms with Gasteiger partial charge in [-0.15, -0.1) is 11.8 Å². The highest BCUT2D eigenvalue weighted by Gasteiger charge is 2.07. The van der Waals surface area contributed by atoms with Crippen LogP contribution in [0.5, 0.6) is 0 Å². The first kappa shape index (κ1) is 16.1. The lowest BCUT2D eigenvalue weighted by Crippen LogP contribution is -2.14. The first-order valence-corrected chi connectivity index (χ1v) is 9.08. The van der Waals surface area contributed by atoms with Crippen LogP contribution in [0.4, 0.5) is 5.69 Å². The molecular formula is C19H16BrNOS. The Balaban J connectivity index is 1.67. The summed E-state index contributed by atoms with van der Waals surface area (Å²) in [5.41, 5.74) is 1.93. The van der Waals surface area contributed by atoms with Gasteiger partial charge in [0.1, 0.15) is 0 Å². The summed E-state index contributed by atoms with van der Waals surface area (Å²) in [5.74, 6) is 0.396. The van der Waals surface area contributed by atoms with Gasteiger partial charge in [0.25, 0.3) is 0 Å². The number of thioether (sulfide) groups is 1. The number of aryl methyl sites for hydroxylation is 1. The highest BCUT2D eigenvalue weighted by molar-refractivity contribution is 9.10. The Hall–Kier alpha value is -1.78. The summed E-state index contributed by atoms with van der Waals surface area (Å²) >= 11 is 5.03. The molecule has 0 aliphatic rings. The molecule has 0 aromatic heterocycles. The summed E-state index contributed by atoms with van der Waals surface area (Å²) in [6.07, 6.45) is 0. The Kier molecular flexibility index (Phi) is 5.03. The molecule has 0 radical (unpaired) electrons. The van der Waals surface area contributed by atoms with Crippen molar-refractivity contribution in [2.75, 3.05) is 11.1 Å². The van der Waals surface area contributed by atoms with E-state index in [-0.39, 0.29) is 5.91 Å². The first-order valence-electron chi connectivity index (χ1n) is 7.30. The van der Waals surface area contributed by atoms with Crippen LogP contribution in [0, 0.1) is 6.92 Å². The van der Waals surface area contributed by atoms with Gasteiger partial charge < -0.3 is 5.32 Å². The van der Waals surface area contributed by atoms with Crippen LogP contribution in [-0.4, -0.2) is 11.7 Å². The normalized spacial score (nSPS) is 10.7. The van der Waals surface area contributed by atoms with E-state index in [1.807, 2.05) is 43.3 Å². The molecule has 0 bridgehead atoms. The lowest BCUT2D eigenvalue weighted by Gasteiger charge is -2.08. The van der Waals surface area contributed by atoms with Crippen molar-refractivity contribution in [1.29, 1.82) is 0 Å². The number of hydrogen-bond donors (Lipinski definition) is 1.